The van der Waals surface area contributed by atoms with Crippen LogP contribution in [-0.4, -0.2) is 21.0 Å². The maximum atomic E-state index is 10.9. The maximum absolute atomic E-state index is 10.9. The zero-order valence-corrected chi connectivity index (χ0v) is 10.0. The van der Waals surface area contributed by atoms with Crippen molar-refractivity contribution in [3.05, 3.63) is 50.1 Å². The van der Waals surface area contributed by atoms with Gasteiger partial charge in [-0.3, -0.25) is 20.2 Å². The SMILES string of the molecule is CC(C)[C@@H]([C@@H](O)c1ccc([N+](=O)[O-])cc1)[N+](=O)[O-]. The van der Waals surface area contributed by atoms with Crippen molar-refractivity contribution in [3.8, 4) is 0 Å². The monoisotopic (exact) mass is 254 g/mol. The third-order valence-corrected chi connectivity index (χ3v) is 2.70. The third-order valence-electron chi connectivity index (χ3n) is 2.70. The molecule has 7 nitrogen and oxygen atoms in total. The van der Waals surface area contributed by atoms with Crippen LogP contribution in [0, 0.1) is 26.1 Å². The normalized spacial score (nSPS) is 14.2. The van der Waals surface area contributed by atoms with Crippen LogP contribution in [0.15, 0.2) is 24.3 Å². The summed E-state index contributed by atoms with van der Waals surface area (Å²) in [4.78, 5) is 20.2. The van der Waals surface area contributed by atoms with E-state index in [1.54, 1.807) is 13.8 Å². The Kier molecular flexibility index (Phi) is 4.33. The molecule has 0 spiro atoms. The summed E-state index contributed by atoms with van der Waals surface area (Å²) in [7, 11) is 0. The fourth-order valence-corrected chi connectivity index (χ4v) is 1.71. The molecule has 98 valence electrons. The van der Waals surface area contributed by atoms with Gasteiger partial charge in [-0.05, 0) is 17.7 Å². The molecule has 0 heterocycles. The Balaban J connectivity index is 2.98. The molecule has 1 aromatic carbocycles. The minimum atomic E-state index is -1.28. The Labute approximate surface area is 103 Å². The van der Waals surface area contributed by atoms with Crippen molar-refractivity contribution in [2.75, 3.05) is 0 Å². The molecule has 0 bridgehead atoms. The summed E-state index contributed by atoms with van der Waals surface area (Å²) in [6.45, 7) is 3.28. The van der Waals surface area contributed by atoms with Crippen molar-refractivity contribution >= 4 is 5.69 Å². The van der Waals surface area contributed by atoms with Crippen LogP contribution < -0.4 is 0 Å². The van der Waals surface area contributed by atoms with Gasteiger partial charge in [-0.25, -0.2) is 0 Å². The molecule has 1 N–H and O–H groups in total. The second-order valence-corrected chi connectivity index (χ2v) is 4.31. The van der Waals surface area contributed by atoms with Gasteiger partial charge >= 0.3 is 0 Å². The molecule has 1 aromatic rings. The number of non-ortho nitro benzene ring substituents is 1. The second-order valence-electron chi connectivity index (χ2n) is 4.31. The molecule has 0 aliphatic rings. The van der Waals surface area contributed by atoms with Crippen molar-refractivity contribution in [1.29, 1.82) is 0 Å². The van der Waals surface area contributed by atoms with Gasteiger partial charge in [0.05, 0.1) is 4.92 Å². The van der Waals surface area contributed by atoms with Crippen LogP contribution in [0.3, 0.4) is 0 Å². The highest BCUT2D eigenvalue weighted by molar-refractivity contribution is 5.34. The summed E-state index contributed by atoms with van der Waals surface area (Å²) < 4.78 is 0. The Bertz CT molecular complexity index is 443. The molecule has 0 aliphatic heterocycles. The largest absolute Gasteiger partial charge is 0.381 e. The molecule has 1 rings (SSSR count). The Morgan fingerprint density at radius 3 is 1.94 bits per heavy atom. The fraction of sp³-hybridized carbons (Fsp3) is 0.455. The number of nitro groups is 2. The number of nitro benzene ring substituents is 1. The summed E-state index contributed by atoms with van der Waals surface area (Å²) in [5, 5.41) is 31.3. The van der Waals surface area contributed by atoms with E-state index in [1.165, 1.54) is 24.3 Å². The highest BCUT2D eigenvalue weighted by atomic mass is 16.6. The van der Waals surface area contributed by atoms with E-state index in [4.69, 9.17) is 0 Å². The van der Waals surface area contributed by atoms with E-state index in [-0.39, 0.29) is 11.6 Å². The average Bonchev–Trinajstić information content (AvgIpc) is 2.28. The first-order chi connectivity index (χ1) is 8.34. The smallest absolute Gasteiger partial charge is 0.269 e. The first-order valence-electron chi connectivity index (χ1n) is 5.40. The van der Waals surface area contributed by atoms with Gasteiger partial charge in [-0.2, -0.15) is 0 Å². The van der Waals surface area contributed by atoms with E-state index in [0.717, 1.165) is 0 Å². The second kappa shape index (κ2) is 5.54. The van der Waals surface area contributed by atoms with E-state index in [1.807, 2.05) is 0 Å². The van der Waals surface area contributed by atoms with Gasteiger partial charge in [0.1, 0.15) is 6.10 Å². The molecule has 0 saturated carbocycles. The first-order valence-corrected chi connectivity index (χ1v) is 5.40. The van der Waals surface area contributed by atoms with E-state index in [0.29, 0.717) is 5.56 Å². The summed E-state index contributed by atoms with van der Waals surface area (Å²) in [5.74, 6) is -0.342. The summed E-state index contributed by atoms with van der Waals surface area (Å²) in [5.41, 5.74) is 0.184. The minimum absolute atomic E-state index is 0.117. The summed E-state index contributed by atoms with van der Waals surface area (Å²) >= 11 is 0. The number of hydrogen-bond donors (Lipinski definition) is 1. The lowest BCUT2D eigenvalue weighted by atomic mass is 9.94. The minimum Gasteiger partial charge on any atom is -0.381 e. The van der Waals surface area contributed by atoms with Crippen LogP contribution in [0.5, 0.6) is 0 Å². The van der Waals surface area contributed by atoms with Crippen molar-refractivity contribution in [3.63, 3.8) is 0 Å². The molecular weight excluding hydrogens is 240 g/mol. The van der Waals surface area contributed by atoms with E-state index in [9.17, 15) is 25.3 Å². The van der Waals surface area contributed by atoms with Crippen LogP contribution in [0.2, 0.25) is 0 Å². The first kappa shape index (κ1) is 14.0. The van der Waals surface area contributed by atoms with Crippen LogP contribution in [0.4, 0.5) is 5.69 Å². The van der Waals surface area contributed by atoms with Crippen molar-refractivity contribution in [2.45, 2.75) is 26.0 Å². The van der Waals surface area contributed by atoms with Crippen molar-refractivity contribution in [1.82, 2.24) is 0 Å². The third kappa shape index (κ3) is 3.01. The van der Waals surface area contributed by atoms with Crippen molar-refractivity contribution < 1.29 is 15.0 Å². The standard InChI is InChI=1S/C11H14N2O5/c1-7(2)10(13(17)18)11(14)8-3-5-9(6-4-8)12(15)16/h3-7,10-11,14H,1-2H3/t10-,11-/m0/s1. The highest BCUT2D eigenvalue weighted by Crippen LogP contribution is 2.25. The summed E-state index contributed by atoms with van der Waals surface area (Å²) in [6.07, 6.45) is -1.28. The number of aliphatic hydroxyl groups excluding tert-OH is 1. The predicted molar refractivity (Wildman–Crippen MR) is 63.7 cm³/mol. The van der Waals surface area contributed by atoms with Crippen LogP contribution in [-0.2, 0) is 0 Å². The molecule has 2 atom stereocenters. The molecule has 0 amide bonds. The van der Waals surface area contributed by atoms with Crippen LogP contribution >= 0.6 is 0 Å². The lowest BCUT2D eigenvalue weighted by molar-refractivity contribution is -0.544. The zero-order chi connectivity index (χ0) is 13.9. The molecular formula is C11H14N2O5. The molecule has 0 unspecified atom stereocenters. The predicted octanol–water partition coefficient (Wildman–Crippen LogP) is 1.93. The average molecular weight is 254 g/mol. The lowest BCUT2D eigenvalue weighted by Crippen LogP contribution is -2.32. The number of aliphatic hydroxyl groups is 1. The molecule has 0 fully saturated rings. The van der Waals surface area contributed by atoms with Crippen LogP contribution in [0.25, 0.3) is 0 Å². The van der Waals surface area contributed by atoms with Crippen molar-refractivity contribution in [2.24, 2.45) is 5.92 Å². The molecule has 7 heteroatoms. The molecule has 0 radical (unpaired) electrons. The molecule has 0 aromatic heterocycles. The van der Waals surface area contributed by atoms with E-state index < -0.39 is 22.0 Å². The van der Waals surface area contributed by atoms with Crippen LogP contribution in [0.1, 0.15) is 25.5 Å². The Morgan fingerprint density at radius 1 is 1.11 bits per heavy atom. The van der Waals surface area contributed by atoms with E-state index in [2.05, 4.69) is 0 Å². The topological polar surface area (TPSA) is 107 Å². The fourth-order valence-electron chi connectivity index (χ4n) is 1.71. The van der Waals surface area contributed by atoms with Gasteiger partial charge < -0.3 is 5.11 Å². The number of rotatable bonds is 5. The van der Waals surface area contributed by atoms with Gasteiger partial charge in [0.2, 0.25) is 6.04 Å². The summed E-state index contributed by atoms with van der Waals surface area (Å²) in [6, 6.07) is 3.97. The van der Waals surface area contributed by atoms with E-state index >= 15 is 0 Å². The Hall–Kier alpha value is -2.02. The number of benzene rings is 1. The van der Waals surface area contributed by atoms with Gasteiger partial charge in [0.15, 0.2) is 0 Å². The quantitative estimate of drug-likeness (QED) is 0.638. The number of hydrogen-bond acceptors (Lipinski definition) is 5. The van der Waals surface area contributed by atoms with Gasteiger partial charge in [0, 0.05) is 23.0 Å². The Morgan fingerprint density at radius 2 is 1.61 bits per heavy atom. The zero-order valence-electron chi connectivity index (χ0n) is 10.0. The molecule has 18 heavy (non-hydrogen) atoms. The van der Waals surface area contributed by atoms with Gasteiger partial charge in [-0.1, -0.05) is 13.8 Å². The highest BCUT2D eigenvalue weighted by Gasteiger charge is 2.34. The van der Waals surface area contributed by atoms with Gasteiger partial charge in [0.25, 0.3) is 5.69 Å². The maximum Gasteiger partial charge on any atom is 0.269 e. The lowest BCUT2D eigenvalue weighted by Gasteiger charge is -2.19. The van der Waals surface area contributed by atoms with Gasteiger partial charge in [-0.15, -0.1) is 0 Å². The molecule has 0 aliphatic carbocycles. The number of nitrogens with zero attached hydrogens (tertiary/aromatic N) is 2. The molecule has 0 saturated heterocycles.